The molecule has 0 heterocycles. The number of halogens is 2. The van der Waals surface area contributed by atoms with Crippen LogP contribution in [0.3, 0.4) is 0 Å². The lowest BCUT2D eigenvalue weighted by molar-refractivity contribution is 0.191. The maximum Gasteiger partial charge on any atom is 0.129 e. The molecule has 0 amide bonds. The van der Waals surface area contributed by atoms with Crippen molar-refractivity contribution in [1.82, 2.24) is 5.32 Å². The maximum atomic E-state index is 14.2. The Balaban J connectivity index is 2.17. The molecule has 1 aliphatic rings. The third-order valence-corrected chi connectivity index (χ3v) is 4.26. The molecule has 1 N–H and O–H groups in total. The van der Waals surface area contributed by atoms with Crippen molar-refractivity contribution in [2.24, 2.45) is 0 Å². The summed E-state index contributed by atoms with van der Waals surface area (Å²) in [5, 5.41) is 3.35. The van der Waals surface area contributed by atoms with Crippen LogP contribution in [0.5, 0.6) is 0 Å². The van der Waals surface area contributed by atoms with Crippen molar-refractivity contribution in [2.75, 3.05) is 26.8 Å². The Kier molecular flexibility index (Phi) is 5.49. The summed E-state index contributed by atoms with van der Waals surface area (Å²) in [5.74, 6) is -0.926. The lowest BCUT2D eigenvalue weighted by Crippen LogP contribution is -2.41. The molecule has 20 heavy (non-hydrogen) atoms. The molecule has 0 bridgehead atoms. The van der Waals surface area contributed by atoms with Gasteiger partial charge in [-0.2, -0.15) is 0 Å². The highest BCUT2D eigenvalue weighted by Crippen LogP contribution is 2.40. The van der Waals surface area contributed by atoms with Gasteiger partial charge in [-0.05, 0) is 24.5 Å². The monoisotopic (exact) mass is 283 g/mol. The molecule has 112 valence electrons. The minimum absolute atomic E-state index is 0.205. The fourth-order valence-electron chi connectivity index (χ4n) is 3.19. The molecule has 0 aliphatic heterocycles. The summed E-state index contributed by atoms with van der Waals surface area (Å²) in [4.78, 5) is 0. The largest absolute Gasteiger partial charge is 0.383 e. The fourth-order valence-corrected chi connectivity index (χ4v) is 3.19. The van der Waals surface area contributed by atoms with E-state index < -0.39 is 11.6 Å². The number of nitrogens with one attached hydrogen (secondary N) is 1. The van der Waals surface area contributed by atoms with E-state index in [-0.39, 0.29) is 5.41 Å². The van der Waals surface area contributed by atoms with Crippen molar-refractivity contribution in [3.8, 4) is 0 Å². The molecule has 1 aliphatic carbocycles. The summed E-state index contributed by atoms with van der Waals surface area (Å²) in [6, 6.07) is 3.98. The zero-order valence-corrected chi connectivity index (χ0v) is 12.1. The lowest BCUT2D eigenvalue weighted by Gasteiger charge is -2.38. The molecule has 0 spiro atoms. The van der Waals surface area contributed by atoms with Gasteiger partial charge in [-0.15, -0.1) is 0 Å². The quantitative estimate of drug-likeness (QED) is 0.808. The number of ether oxygens (including phenoxy) is 1. The Bertz CT molecular complexity index is 430. The Morgan fingerprint density at radius 3 is 2.60 bits per heavy atom. The third-order valence-electron chi connectivity index (χ3n) is 4.26. The van der Waals surface area contributed by atoms with Gasteiger partial charge < -0.3 is 10.1 Å². The first kappa shape index (κ1) is 15.4. The van der Waals surface area contributed by atoms with Gasteiger partial charge in [0.15, 0.2) is 0 Å². The Morgan fingerprint density at radius 2 is 1.95 bits per heavy atom. The minimum Gasteiger partial charge on any atom is -0.383 e. The molecule has 1 aromatic carbocycles. The average Bonchev–Trinajstić information content (AvgIpc) is 2.44. The molecular formula is C16H23F2NO. The summed E-state index contributed by atoms with van der Waals surface area (Å²) in [7, 11) is 1.66. The highest BCUT2D eigenvalue weighted by Gasteiger charge is 2.35. The van der Waals surface area contributed by atoms with Crippen LogP contribution in [0.25, 0.3) is 0 Å². The van der Waals surface area contributed by atoms with Gasteiger partial charge in [-0.3, -0.25) is 0 Å². The molecule has 0 saturated heterocycles. The normalized spacial score (nSPS) is 18.1. The van der Waals surface area contributed by atoms with Crippen LogP contribution >= 0.6 is 0 Å². The van der Waals surface area contributed by atoms with Crippen LogP contribution in [0.15, 0.2) is 18.2 Å². The predicted octanol–water partition coefficient (Wildman–Crippen LogP) is 3.40. The van der Waals surface area contributed by atoms with Crippen molar-refractivity contribution in [3.63, 3.8) is 0 Å². The number of methoxy groups -OCH3 is 1. The zero-order chi connectivity index (χ0) is 14.4. The van der Waals surface area contributed by atoms with E-state index in [1.54, 1.807) is 13.2 Å². The van der Waals surface area contributed by atoms with Gasteiger partial charge >= 0.3 is 0 Å². The predicted molar refractivity (Wildman–Crippen MR) is 75.9 cm³/mol. The van der Waals surface area contributed by atoms with Crippen LogP contribution in [0.1, 0.15) is 37.7 Å². The smallest absolute Gasteiger partial charge is 0.129 e. The molecule has 0 unspecified atom stereocenters. The Morgan fingerprint density at radius 1 is 1.20 bits per heavy atom. The highest BCUT2D eigenvalue weighted by molar-refractivity contribution is 5.29. The van der Waals surface area contributed by atoms with Gasteiger partial charge in [0.25, 0.3) is 0 Å². The van der Waals surface area contributed by atoms with Gasteiger partial charge in [0.1, 0.15) is 11.6 Å². The van der Waals surface area contributed by atoms with E-state index >= 15 is 0 Å². The molecule has 4 heteroatoms. The second-order valence-corrected chi connectivity index (χ2v) is 5.63. The molecule has 2 nitrogen and oxygen atoms in total. The first-order valence-electron chi connectivity index (χ1n) is 7.33. The van der Waals surface area contributed by atoms with Crippen molar-refractivity contribution < 1.29 is 13.5 Å². The fraction of sp³-hybridized carbons (Fsp3) is 0.625. The molecule has 1 fully saturated rings. The molecule has 0 aromatic heterocycles. The van der Waals surface area contributed by atoms with E-state index in [1.807, 2.05) is 0 Å². The van der Waals surface area contributed by atoms with Crippen LogP contribution < -0.4 is 5.32 Å². The van der Waals surface area contributed by atoms with E-state index in [4.69, 9.17) is 4.74 Å². The average molecular weight is 283 g/mol. The zero-order valence-electron chi connectivity index (χ0n) is 12.1. The van der Waals surface area contributed by atoms with Gasteiger partial charge in [0.2, 0.25) is 0 Å². The van der Waals surface area contributed by atoms with E-state index in [1.165, 1.54) is 12.5 Å². The maximum absolute atomic E-state index is 14.2. The van der Waals surface area contributed by atoms with Crippen LogP contribution in [0.4, 0.5) is 8.78 Å². The van der Waals surface area contributed by atoms with Gasteiger partial charge in [-0.1, -0.05) is 25.3 Å². The van der Waals surface area contributed by atoms with Gasteiger partial charge in [-0.25, -0.2) is 8.78 Å². The second-order valence-electron chi connectivity index (χ2n) is 5.63. The molecule has 1 saturated carbocycles. The summed E-state index contributed by atoms with van der Waals surface area (Å²) < 4.78 is 32.3. The van der Waals surface area contributed by atoms with E-state index in [0.29, 0.717) is 12.2 Å². The molecule has 0 radical (unpaired) electrons. The minimum atomic E-state index is -0.510. The van der Waals surface area contributed by atoms with E-state index in [0.717, 1.165) is 44.8 Å². The SMILES string of the molecule is COCCNCC1(c2ccc(F)cc2F)CCCCC1. The van der Waals surface area contributed by atoms with Gasteiger partial charge in [0.05, 0.1) is 6.61 Å². The summed E-state index contributed by atoms with van der Waals surface area (Å²) in [6.45, 7) is 2.11. The van der Waals surface area contributed by atoms with Crippen LogP contribution in [-0.4, -0.2) is 26.8 Å². The van der Waals surface area contributed by atoms with Crippen molar-refractivity contribution >= 4 is 0 Å². The molecule has 1 aromatic rings. The van der Waals surface area contributed by atoms with Crippen molar-refractivity contribution in [3.05, 3.63) is 35.4 Å². The Labute approximate surface area is 119 Å². The van der Waals surface area contributed by atoms with Crippen LogP contribution in [-0.2, 0) is 10.2 Å². The Hall–Kier alpha value is -1.00. The van der Waals surface area contributed by atoms with E-state index in [2.05, 4.69) is 5.32 Å². The van der Waals surface area contributed by atoms with Crippen LogP contribution in [0.2, 0.25) is 0 Å². The standard InChI is InChI=1S/C16H23F2NO/c1-20-10-9-19-12-16(7-3-2-4-8-16)14-6-5-13(17)11-15(14)18/h5-6,11,19H,2-4,7-10,12H2,1H3. The van der Waals surface area contributed by atoms with E-state index in [9.17, 15) is 8.78 Å². The molecule has 0 atom stereocenters. The molecule has 2 rings (SSSR count). The molecular weight excluding hydrogens is 260 g/mol. The number of benzene rings is 1. The van der Waals surface area contributed by atoms with Crippen LogP contribution in [0, 0.1) is 11.6 Å². The summed E-state index contributed by atoms with van der Waals surface area (Å²) in [6.07, 6.45) is 5.30. The second kappa shape index (κ2) is 7.14. The third kappa shape index (κ3) is 3.55. The van der Waals surface area contributed by atoms with Crippen molar-refractivity contribution in [1.29, 1.82) is 0 Å². The van der Waals surface area contributed by atoms with Gasteiger partial charge in [0, 0.05) is 31.7 Å². The topological polar surface area (TPSA) is 21.3 Å². The first-order chi connectivity index (χ1) is 9.68. The summed E-state index contributed by atoms with van der Waals surface area (Å²) in [5.41, 5.74) is 0.451. The number of hydrogen-bond donors (Lipinski definition) is 1. The number of rotatable bonds is 6. The lowest BCUT2D eigenvalue weighted by atomic mass is 9.69. The van der Waals surface area contributed by atoms with Crippen molar-refractivity contribution in [2.45, 2.75) is 37.5 Å². The summed E-state index contributed by atoms with van der Waals surface area (Å²) >= 11 is 0. The first-order valence-corrected chi connectivity index (χ1v) is 7.33. The highest BCUT2D eigenvalue weighted by atomic mass is 19.1. The number of hydrogen-bond acceptors (Lipinski definition) is 2.